The molecule has 7 heteroatoms. The van der Waals surface area contributed by atoms with Crippen molar-refractivity contribution in [3.63, 3.8) is 0 Å². The number of amides is 2. The second-order valence-corrected chi connectivity index (χ2v) is 7.89. The maximum absolute atomic E-state index is 13.0. The predicted octanol–water partition coefficient (Wildman–Crippen LogP) is 4.06. The molecule has 0 heterocycles. The van der Waals surface area contributed by atoms with Crippen LogP contribution in [0.15, 0.2) is 72.8 Å². The van der Waals surface area contributed by atoms with Gasteiger partial charge in [-0.3, -0.25) is 9.59 Å². The van der Waals surface area contributed by atoms with E-state index in [1.54, 1.807) is 38.5 Å². The third-order valence-electron chi connectivity index (χ3n) is 5.17. The minimum Gasteiger partial charge on any atom is -0.493 e. The van der Waals surface area contributed by atoms with Crippen molar-refractivity contribution in [3.05, 3.63) is 94.5 Å². The molecule has 1 unspecified atom stereocenters. The Bertz CT molecular complexity index is 1070. The topological polar surface area (TPSA) is 76.7 Å². The fourth-order valence-corrected chi connectivity index (χ4v) is 3.52. The normalized spacial score (nSPS) is 11.4. The fraction of sp³-hybridized carbons (Fsp3) is 0.231. The minimum absolute atomic E-state index is 0.248. The van der Waals surface area contributed by atoms with E-state index in [0.717, 1.165) is 11.1 Å². The molecule has 0 aliphatic heterocycles. The van der Waals surface area contributed by atoms with E-state index in [-0.39, 0.29) is 11.8 Å². The van der Waals surface area contributed by atoms with Crippen molar-refractivity contribution in [3.8, 4) is 11.5 Å². The molecule has 0 aliphatic rings. The molecule has 3 rings (SSSR count). The summed E-state index contributed by atoms with van der Waals surface area (Å²) in [5.74, 6) is 0.709. The van der Waals surface area contributed by atoms with Crippen LogP contribution < -0.4 is 20.1 Å². The number of benzene rings is 3. The lowest BCUT2D eigenvalue weighted by molar-refractivity contribution is -0.122. The molecule has 0 fully saturated rings. The van der Waals surface area contributed by atoms with Gasteiger partial charge in [-0.1, -0.05) is 48.0 Å². The molecule has 2 N–H and O–H groups in total. The summed E-state index contributed by atoms with van der Waals surface area (Å²) in [4.78, 5) is 25.7. The summed E-state index contributed by atoms with van der Waals surface area (Å²) in [6.45, 7) is 0.413. The zero-order chi connectivity index (χ0) is 23.6. The summed E-state index contributed by atoms with van der Waals surface area (Å²) >= 11 is 5.91. The molecule has 0 aromatic heterocycles. The van der Waals surface area contributed by atoms with Crippen molar-refractivity contribution in [2.24, 2.45) is 0 Å². The van der Waals surface area contributed by atoms with Gasteiger partial charge in [0.2, 0.25) is 5.91 Å². The molecule has 0 saturated heterocycles. The van der Waals surface area contributed by atoms with Crippen molar-refractivity contribution in [1.82, 2.24) is 10.6 Å². The fourth-order valence-electron chi connectivity index (χ4n) is 3.39. The van der Waals surface area contributed by atoms with Gasteiger partial charge >= 0.3 is 0 Å². The Morgan fingerprint density at radius 2 is 1.58 bits per heavy atom. The van der Waals surface area contributed by atoms with E-state index >= 15 is 0 Å². The molecule has 3 aromatic carbocycles. The van der Waals surface area contributed by atoms with E-state index in [0.29, 0.717) is 41.5 Å². The molecule has 33 heavy (non-hydrogen) atoms. The highest BCUT2D eigenvalue weighted by molar-refractivity contribution is 6.30. The molecule has 0 aliphatic carbocycles. The molecule has 6 nitrogen and oxygen atoms in total. The van der Waals surface area contributed by atoms with Gasteiger partial charge in [-0.15, -0.1) is 0 Å². The molecule has 0 spiro atoms. The average Bonchev–Trinajstić information content (AvgIpc) is 2.84. The van der Waals surface area contributed by atoms with E-state index in [1.807, 2.05) is 48.5 Å². The number of carbonyl (C=O) groups is 2. The highest BCUT2D eigenvalue weighted by Crippen LogP contribution is 2.27. The molecule has 2 amide bonds. The SMILES string of the molecule is COc1ccc(CCNC(=O)C(Cc2ccccc2)NC(=O)c2ccc(Cl)cc2)cc1OC. The largest absolute Gasteiger partial charge is 0.493 e. The van der Waals surface area contributed by atoms with Gasteiger partial charge in [0.05, 0.1) is 14.2 Å². The van der Waals surface area contributed by atoms with Crippen LogP contribution in [0.5, 0.6) is 11.5 Å². The van der Waals surface area contributed by atoms with E-state index in [1.165, 1.54) is 0 Å². The minimum atomic E-state index is -0.721. The van der Waals surface area contributed by atoms with Crippen LogP contribution in [0.25, 0.3) is 0 Å². The number of nitrogens with one attached hydrogen (secondary N) is 2. The summed E-state index contributed by atoms with van der Waals surface area (Å²) < 4.78 is 10.6. The molecule has 172 valence electrons. The Morgan fingerprint density at radius 3 is 2.24 bits per heavy atom. The summed E-state index contributed by atoms with van der Waals surface area (Å²) in [5.41, 5.74) is 2.39. The summed E-state index contributed by atoms with van der Waals surface area (Å²) in [7, 11) is 3.17. The number of methoxy groups -OCH3 is 2. The highest BCUT2D eigenvalue weighted by Gasteiger charge is 2.22. The Kier molecular flexibility index (Phi) is 8.72. The van der Waals surface area contributed by atoms with Crippen molar-refractivity contribution >= 4 is 23.4 Å². The lowest BCUT2D eigenvalue weighted by atomic mass is 10.0. The van der Waals surface area contributed by atoms with Gasteiger partial charge < -0.3 is 20.1 Å². The van der Waals surface area contributed by atoms with E-state index in [2.05, 4.69) is 10.6 Å². The maximum Gasteiger partial charge on any atom is 0.251 e. The maximum atomic E-state index is 13.0. The number of carbonyl (C=O) groups excluding carboxylic acids is 2. The third-order valence-corrected chi connectivity index (χ3v) is 5.42. The number of hydrogen-bond acceptors (Lipinski definition) is 4. The first-order valence-electron chi connectivity index (χ1n) is 10.6. The average molecular weight is 467 g/mol. The van der Waals surface area contributed by atoms with Crippen LogP contribution in [0.2, 0.25) is 5.02 Å². The van der Waals surface area contributed by atoms with Gasteiger partial charge in [-0.2, -0.15) is 0 Å². The molecule has 0 bridgehead atoms. The quantitative estimate of drug-likeness (QED) is 0.472. The number of hydrogen-bond donors (Lipinski definition) is 2. The smallest absolute Gasteiger partial charge is 0.251 e. The summed E-state index contributed by atoms with van der Waals surface area (Å²) in [6, 6.07) is 21.1. The van der Waals surface area contributed by atoms with Crippen LogP contribution in [-0.2, 0) is 17.6 Å². The van der Waals surface area contributed by atoms with Gasteiger partial charge in [0.1, 0.15) is 6.04 Å². The van der Waals surface area contributed by atoms with E-state index in [4.69, 9.17) is 21.1 Å². The molecular formula is C26H27ClN2O4. The monoisotopic (exact) mass is 466 g/mol. The van der Waals surface area contributed by atoms with Gasteiger partial charge in [-0.25, -0.2) is 0 Å². The zero-order valence-electron chi connectivity index (χ0n) is 18.6. The number of rotatable bonds is 10. The van der Waals surface area contributed by atoms with Crippen LogP contribution in [0.3, 0.4) is 0 Å². The molecular weight excluding hydrogens is 440 g/mol. The molecule has 0 radical (unpaired) electrons. The standard InChI is InChI=1S/C26H27ClN2O4/c1-32-23-13-8-19(17-24(23)33-2)14-15-28-26(31)22(16-18-6-4-3-5-7-18)29-25(30)20-9-11-21(27)12-10-20/h3-13,17,22H,14-16H2,1-2H3,(H,28,31)(H,29,30). The zero-order valence-corrected chi connectivity index (χ0v) is 19.4. The first kappa shape index (κ1) is 24.1. The van der Waals surface area contributed by atoms with Crippen molar-refractivity contribution < 1.29 is 19.1 Å². The van der Waals surface area contributed by atoms with Crippen molar-refractivity contribution in [2.45, 2.75) is 18.9 Å². The Labute approximate surface area is 198 Å². The third kappa shape index (κ3) is 6.99. The van der Waals surface area contributed by atoms with Gasteiger partial charge in [-0.05, 0) is 53.9 Å². The van der Waals surface area contributed by atoms with Gasteiger partial charge in [0.15, 0.2) is 11.5 Å². The second kappa shape index (κ2) is 11.9. The van der Waals surface area contributed by atoms with Crippen LogP contribution >= 0.6 is 11.6 Å². The molecule has 0 saturated carbocycles. The number of halogens is 1. The molecule has 3 aromatic rings. The van der Waals surface area contributed by atoms with Crippen molar-refractivity contribution in [2.75, 3.05) is 20.8 Å². The molecule has 1 atom stereocenters. The van der Waals surface area contributed by atoms with Gasteiger partial charge in [0, 0.05) is 23.6 Å². The first-order valence-corrected chi connectivity index (χ1v) is 11.0. The first-order chi connectivity index (χ1) is 16.0. The Hall–Kier alpha value is -3.51. The summed E-state index contributed by atoms with van der Waals surface area (Å²) in [6.07, 6.45) is 0.984. The lowest BCUT2D eigenvalue weighted by Gasteiger charge is -2.19. The van der Waals surface area contributed by atoms with Gasteiger partial charge in [0.25, 0.3) is 5.91 Å². The van der Waals surface area contributed by atoms with Crippen LogP contribution in [0, 0.1) is 0 Å². The Morgan fingerprint density at radius 1 is 0.879 bits per heavy atom. The van der Waals surface area contributed by atoms with Crippen molar-refractivity contribution in [1.29, 1.82) is 0 Å². The van der Waals surface area contributed by atoms with Crippen LogP contribution in [0.4, 0.5) is 0 Å². The Balaban J connectivity index is 1.65. The van der Waals surface area contributed by atoms with E-state index in [9.17, 15) is 9.59 Å². The van der Waals surface area contributed by atoms with Crippen LogP contribution in [0.1, 0.15) is 21.5 Å². The highest BCUT2D eigenvalue weighted by atomic mass is 35.5. The predicted molar refractivity (Wildman–Crippen MR) is 129 cm³/mol. The second-order valence-electron chi connectivity index (χ2n) is 7.45. The lowest BCUT2D eigenvalue weighted by Crippen LogP contribution is -2.48. The van der Waals surface area contributed by atoms with Crippen LogP contribution in [-0.4, -0.2) is 38.6 Å². The number of ether oxygens (including phenoxy) is 2. The van der Waals surface area contributed by atoms with E-state index < -0.39 is 6.04 Å². The summed E-state index contributed by atoms with van der Waals surface area (Å²) in [5, 5.41) is 6.33.